The van der Waals surface area contributed by atoms with E-state index in [1.165, 1.54) is 48.5 Å². The molecule has 0 aliphatic heterocycles. The Morgan fingerprint density at radius 2 is 1.78 bits per heavy atom. The number of nitro benzene ring substituents is 1. The van der Waals surface area contributed by atoms with Crippen LogP contribution < -0.4 is 5.32 Å². The summed E-state index contributed by atoms with van der Waals surface area (Å²) in [5, 5.41) is 20.7. The molecule has 0 radical (unpaired) electrons. The van der Waals surface area contributed by atoms with E-state index in [1.807, 2.05) is 0 Å². The van der Waals surface area contributed by atoms with E-state index in [0.29, 0.717) is 5.56 Å². The van der Waals surface area contributed by atoms with Crippen molar-refractivity contribution >= 4 is 27.4 Å². The van der Waals surface area contributed by atoms with E-state index < -0.39 is 20.7 Å². The minimum atomic E-state index is -3.33. The SMILES string of the molecule is CS(=O)(=O)c1ccc(-c2nnc(NC(=O)c3ccccc3[N+](=O)[O-])o2)cc1. The molecule has 27 heavy (non-hydrogen) atoms. The Morgan fingerprint density at radius 1 is 1.11 bits per heavy atom. The largest absolute Gasteiger partial charge is 0.403 e. The number of anilines is 1. The van der Waals surface area contributed by atoms with Crippen molar-refractivity contribution in [1.82, 2.24) is 10.2 Å². The van der Waals surface area contributed by atoms with E-state index in [2.05, 4.69) is 15.5 Å². The fraction of sp³-hybridized carbons (Fsp3) is 0.0625. The van der Waals surface area contributed by atoms with Crippen molar-refractivity contribution in [3.63, 3.8) is 0 Å². The van der Waals surface area contributed by atoms with Crippen molar-refractivity contribution in [3.8, 4) is 11.5 Å². The number of rotatable bonds is 5. The van der Waals surface area contributed by atoms with Gasteiger partial charge in [0.2, 0.25) is 5.89 Å². The summed E-state index contributed by atoms with van der Waals surface area (Å²) in [5.74, 6) is -0.724. The highest BCUT2D eigenvalue weighted by Gasteiger charge is 2.21. The summed E-state index contributed by atoms with van der Waals surface area (Å²) in [7, 11) is -3.33. The van der Waals surface area contributed by atoms with Crippen molar-refractivity contribution in [2.75, 3.05) is 11.6 Å². The summed E-state index contributed by atoms with van der Waals surface area (Å²) < 4.78 is 28.3. The van der Waals surface area contributed by atoms with Crippen LogP contribution in [0, 0.1) is 10.1 Å². The second-order valence-electron chi connectivity index (χ2n) is 5.44. The number of aromatic nitrogens is 2. The molecule has 10 nitrogen and oxygen atoms in total. The number of sulfone groups is 1. The highest BCUT2D eigenvalue weighted by Crippen LogP contribution is 2.23. The lowest BCUT2D eigenvalue weighted by Gasteiger charge is -2.01. The molecule has 1 aromatic heterocycles. The van der Waals surface area contributed by atoms with Crippen molar-refractivity contribution in [2.45, 2.75) is 4.90 Å². The number of hydrogen-bond donors (Lipinski definition) is 1. The molecular weight excluding hydrogens is 376 g/mol. The lowest BCUT2D eigenvalue weighted by Crippen LogP contribution is -2.14. The first-order chi connectivity index (χ1) is 12.8. The van der Waals surface area contributed by atoms with Crippen molar-refractivity contribution in [2.24, 2.45) is 0 Å². The number of nitro groups is 1. The maximum absolute atomic E-state index is 12.2. The topological polar surface area (TPSA) is 145 Å². The van der Waals surface area contributed by atoms with Gasteiger partial charge in [0.15, 0.2) is 9.84 Å². The van der Waals surface area contributed by atoms with Crippen LogP contribution in [-0.2, 0) is 9.84 Å². The van der Waals surface area contributed by atoms with Gasteiger partial charge in [0.1, 0.15) is 5.56 Å². The monoisotopic (exact) mass is 388 g/mol. The van der Waals surface area contributed by atoms with Crippen LogP contribution in [0.3, 0.4) is 0 Å². The second-order valence-corrected chi connectivity index (χ2v) is 7.45. The first-order valence-corrected chi connectivity index (χ1v) is 9.33. The Labute approximate surface area is 152 Å². The summed E-state index contributed by atoms with van der Waals surface area (Å²) in [5.41, 5.74) is -0.0630. The molecule has 0 aliphatic carbocycles. The number of nitrogens with one attached hydrogen (secondary N) is 1. The Kier molecular flexibility index (Phi) is 4.69. The van der Waals surface area contributed by atoms with Crippen LogP contribution in [0.4, 0.5) is 11.7 Å². The molecule has 3 rings (SSSR count). The predicted octanol–water partition coefficient (Wildman–Crippen LogP) is 2.30. The maximum Gasteiger partial charge on any atom is 0.322 e. The molecule has 2 aromatic carbocycles. The van der Waals surface area contributed by atoms with Crippen LogP contribution >= 0.6 is 0 Å². The second kappa shape index (κ2) is 6.96. The Hall–Kier alpha value is -3.60. The van der Waals surface area contributed by atoms with Gasteiger partial charge in [-0.25, -0.2) is 8.42 Å². The lowest BCUT2D eigenvalue weighted by atomic mass is 10.1. The van der Waals surface area contributed by atoms with Crippen molar-refractivity contribution in [1.29, 1.82) is 0 Å². The summed E-state index contributed by atoms with van der Waals surface area (Å²) in [4.78, 5) is 22.7. The van der Waals surface area contributed by atoms with Gasteiger partial charge in [-0.15, -0.1) is 5.10 Å². The molecule has 0 aliphatic rings. The number of benzene rings is 2. The van der Waals surface area contributed by atoms with Gasteiger partial charge < -0.3 is 4.42 Å². The maximum atomic E-state index is 12.2. The standard InChI is InChI=1S/C16H12N4O6S/c1-27(24,25)11-8-6-10(7-9-11)15-18-19-16(26-15)17-14(21)12-4-2-3-5-13(12)20(22)23/h2-9H,1H3,(H,17,19,21). The van der Waals surface area contributed by atoms with Gasteiger partial charge in [-0.05, 0) is 30.3 Å². The van der Waals surface area contributed by atoms with Gasteiger partial charge in [0.25, 0.3) is 11.6 Å². The highest BCUT2D eigenvalue weighted by atomic mass is 32.2. The normalized spacial score (nSPS) is 11.1. The molecule has 0 saturated heterocycles. The third-order valence-electron chi connectivity index (χ3n) is 3.52. The van der Waals surface area contributed by atoms with Crippen LogP contribution in [0.25, 0.3) is 11.5 Å². The van der Waals surface area contributed by atoms with Crippen LogP contribution in [0.2, 0.25) is 0 Å². The fourth-order valence-corrected chi connectivity index (χ4v) is 2.85. The number of carbonyl (C=O) groups is 1. The van der Waals surface area contributed by atoms with Crippen LogP contribution in [-0.4, -0.2) is 35.7 Å². The molecule has 1 heterocycles. The number of para-hydroxylation sites is 1. The average molecular weight is 388 g/mol. The minimum absolute atomic E-state index is 0.0490. The number of carbonyl (C=O) groups excluding carboxylic acids is 1. The Morgan fingerprint density at radius 3 is 2.41 bits per heavy atom. The summed E-state index contributed by atoms with van der Waals surface area (Å²) in [6.07, 6.45) is 1.09. The van der Waals surface area contributed by atoms with Crippen LogP contribution in [0.15, 0.2) is 57.8 Å². The molecule has 0 atom stereocenters. The number of nitrogens with zero attached hydrogens (tertiary/aromatic N) is 3. The Bertz CT molecular complexity index is 1120. The zero-order chi connectivity index (χ0) is 19.6. The summed E-state index contributed by atoms with van der Waals surface area (Å²) >= 11 is 0. The fourth-order valence-electron chi connectivity index (χ4n) is 2.22. The molecule has 0 unspecified atom stereocenters. The average Bonchev–Trinajstić information content (AvgIpc) is 3.09. The van der Waals surface area contributed by atoms with Gasteiger partial charge in [-0.1, -0.05) is 17.2 Å². The zero-order valence-corrected chi connectivity index (χ0v) is 14.6. The van der Waals surface area contributed by atoms with E-state index in [9.17, 15) is 23.3 Å². The van der Waals surface area contributed by atoms with Crippen molar-refractivity contribution < 1.29 is 22.6 Å². The third-order valence-corrected chi connectivity index (χ3v) is 4.65. The van der Waals surface area contributed by atoms with Gasteiger partial charge >= 0.3 is 6.01 Å². The molecule has 3 aromatic rings. The molecule has 0 fully saturated rings. The van der Waals surface area contributed by atoms with Crippen LogP contribution in [0.1, 0.15) is 10.4 Å². The molecule has 0 saturated carbocycles. The number of amides is 1. The first kappa shape index (κ1) is 18.2. The van der Waals surface area contributed by atoms with E-state index in [-0.39, 0.29) is 28.1 Å². The molecule has 1 N–H and O–H groups in total. The predicted molar refractivity (Wildman–Crippen MR) is 93.9 cm³/mol. The molecule has 1 amide bonds. The van der Waals surface area contributed by atoms with E-state index in [4.69, 9.17) is 4.42 Å². The minimum Gasteiger partial charge on any atom is -0.403 e. The third kappa shape index (κ3) is 3.98. The van der Waals surface area contributed by atoms with E-state index >= 15 is 0 Å². The molecular formula is C16H12N4O6S. The summed E-state index contributed by atoms with van der Waals surface area (Å²) in [6.45, 7) is 0. The quantitative estimate of drug-likeness (QED) is 0.517. The Balaban J connectivity index is 1.81. The van der Waals surface area contributed by atoms with Gasteiger partial charge in [0.05, 0.1) is 9.82 Å². The van der Waals surface area contributed by atoms with Gasteiger partial charge in [-0.3, -0.25) is 20.2 Å². The van der Waals surface area contributed by atoms with Crippen molar-refractivity contribution in [3.05, 3.63) is 64.2 Å². The smallest absolute Gasteiger partial charge is 0.322 e. The highest BCUT2D eigenvalue weighted by molar-refractivity contribution is 7.90. The van der Waals surface area contributed by atoms with E-state index in [1.54, 1.807) is 0 Å². The van der Waals surface area contributed by atoms with Crippen LogP contribution in [0.5, 0.6) is 0 Å². The molecule has 11 heteroatoms. The molecule has 0 bridgehead atoms. The van der Waals surface area contributed by atoms with Gasteiger partial charge in [0, 0.05) is 17.9 Å². The molecule has 138 valence electrons. The first-order valence-electron chi connectivity index (χ1n) is 7.44. The number of hydrogen-bond acceptors (Lipinski definition) is 8. The van der Waals surface area contributed by atoms with E-state index in [0.717, 1.165) is 6.26 Å². The lowest BCUT2D eigenvalue weighted by molar-refractivity contribution is -0.385. The van der Waals surface area contributed by atoms with Gasteiger partial charge in [-0.2, -0.15) is 0 Å². The zero-order valence-electron chi connectivity index (χ0n) is 13.8. The molecule has 0 spiro atoms. The summed E-state index contributed by atoms with van der Waals surface area (Å²) in [6, 6.07) is 10.9.